The van der Waals surface area contributed by atoms with Gasteiger partial charge in [-0.1, -0.05) is 53.5 Å². The highest BCUT2D eigenvalue weighted by atomic mass is 28.4. The molecule has 24 heavy (non-hydrogen) atoms. The maximum Gasteiger partial charge on any atom is 0.509 e. The van der Waals surface area contributed by atoms with E-state index in [0.717, 1.165) is 38.5 Å². The minimum absolute atomic E-state index is 0.133. The molecule has 5 nitrogen and oxygen atoms in total. The summed E-state index contributed by atoms with van der Waals surface area (Å²) in [6, 6.07) is 0. The highest BCUT2D eigenvalue weighted by Crippen LogP contribution is 2.35. The predicted molar refractivity (Wildman–Crippen MR) is 99.2 cm³/mol. The van der Waals surface area contributed by atoms with Crippen LogP contribution < -0.4 is 0 Å². The summed E-state index contributed by atoms with van der Waals surface area (Å²) in [5.74, 6) is -1.00. The minimum Gasteiger partial charge on any atom is -0.478 e. The molecule has 0 spiro atoms. The van der Waals surface area contributed by atoms with Crippen molar-refractivity contribution >= 4 is 14.8 Å². The molecule has 0 heterocycles. The molecule has 0 amide bonds. The first-order chi connectivity index (χ1) is 11.5. The van der Waals surface area contributed by atoms with E-state index in [0.29, 0.717) is 26.2 Å². The third-order valence-electron chi connectivity index (χ3n) is 3.93. The normalized spacial score (nSPS) is 13.0. The van der Waals surface area contributed by atoms with Gasteiger partial charge in [-0.05, 0) is 25.7 Å². The Hall–Kier alpha value is -0.693. The molecule has 0 aromatic rings. The summed E-state index contributed by atoms with van der Waals surface area (Å²) in [7, 11) is -3.14. The van der Waals surface area contributed by atoms with Gasteiger partial charge in [0, 0.05) is 25.4 Å². The molecule has 0 bridgehead atoms. The molecule has 0 aromatic heterocycles. The first kappa shape index (κ1) is 23.3. The third-order valence-corrected chi connectivity index (χ3v) is 7.36. The van der Waals surface area contributed by atoms with Crippen LogP contribution in [0.3, 0.4) is 0 Å². The number of carbonyl (C=O) groups is 1. The average molecular weight is 361 g/mol. The van der Waals surface area contributed by atoms with E-state index < -0.39 is 20.3 Å². The van der Waals surface area contributed by atoms with Gasteiger partial charge < -0.3 is 18.4 Å². The van der Waals surface area contributed by atoms with Crippen molar-refractivity contribution in [2.45, 2.75) is 78.2 Å². The lowest BCUT2D eigenvalue weighted by Gasteiger charge is -2.36. The van der Waals surface area contributed by atoms with Crippen molar-refractivity contribution in [3.8, 4) is 0 Å². The van der Waals surface area contributed by atoms with Crippen molar-refractivity contribution in [3.05, 3.63) is 12.2 Å². The zero-order chi connectivity index (χ0) is 18.4. The van der Waals surface area contributed by atoms with E-state index in [9.17, 15) is 9.90 Å². The average Bonchev–Trinajstić information content (AvgIpc) is 2.56. The summed E-state index contributed by atoms with van der Waals surface area (Å²) in [5, 5.41) is 9.42. The number of hydrogen-bond donors (Lipinski definition) is 1. The maximum absolute atomic E-state index is 11.5. The highest BCUT2D eigenvalue weighted by molar-refractivity contribution is 6.63. The fraction of sp³-hybridized carbons (Fsp3) is 0.833. The number of aliphatic carboxylic acids is 1. The Balaban J connectivity index is 5.43. The van der Waals surface area contributed by atoms with Crippen LogP contribution in [0.5, 0.6) is 0 Å². The number of carboxylic acids is 1. The van der Waals surface area contributed by atoms with E-state index in [1.54, 1.807) is 0 Å². The SMILES string of the molecule is C=C(C(=O)O)C(CC)[Si](OCCCC)(OCCCC)OCCCC. The summed E-state index contributed by atoms with van der Waals surface area (Å²) in [5.41, 5.74) is -0.269. The van der Waals surface area contributed by atoms with Crippen LogP contribution in [-0.2, 0) is 18.1 Å². The van der Waals surface area contributed by atoms with Crippen LogP contribution in [0.4, 0.5) is 0 Å². The predicted octanol–water partition coefficient (Wildman–Crippen LogP) is 4.80. The smallest absolute Gasteiger partial charge is 0.478 e. The Morgan fingerprint density at radius 1 is 0.917 bits per heavy atom. The molecular weight excluding hydrogens is 324 g/mol. The second kappa shape index (κ2) is 13.6. The van der Waals surface area contributed by atoms with Crippen LogP contribution in [0.1, 0.15) is 72.6 Å². The quantitative estimate of drug-likeness (QED) is 0.243. The Morgan fingerprint density at radius 2 is 1.29 bits per heavy atom. The Morgan fingerprint density at radius 3 is 1.54 bits per heavy atom. The van der Waals surface area contributed by atoms with Gasteiger partial charge in [-0.3, -0.25) is 0 Å². The zero-order valence-electron chi connectivity index (χ0n) is 15.9. The molecule has 0 aliphatic carbocycles. The van der Waals surface area contributed by atoms with E-state index in [1.165, 1.54) is 0 Å². The van der Waals surface area contributed by atoms with Gasteiger partial charge in [0.15, 0.2) is 0 Å². The minimum atomic E-state index is -3.14. The lowest BCUT2D eigenvalue weighted by atomic mass is 10.2. The summed E-state index contributed by atoms with van der Waals surface area (Å²) >= 11 is 0. The molecule has 0 aromatic carbocycles. The standard InChI is InChI=1S/C18H36O5Si/c1-6-10-13-21-24(22-14-11-7-2,23-15-12-8-3)17(9-4)16(5)18(19)20/h17H,5-15H2,1-4H3,(H,19,20). The fourth-order valence-corrected chi connectivity index (χ4v) is 5.55. The fourth-order valence-electron chi connectivity index (χ4n) is 2.36. The van der Waals surface area contributed by atoms with Crippen molar-refractivity contribution < 1.29 is 23.2 Å². The summed E-state index contributed by atoms with van der Waals surface area (Å²) in [4.78, 5) is 11.5. The van der Waals surface area contributed by atoms with Crippen LogP contribution in [0.25, 0.3) is 0 Å². The summed E-state index contributed by atoms with van der Waals surface area (Å²) in [6.07, 6.45) is 6.31. The number of unbranched alkanes of at least 4 members (excludes halogenated alkanes) is 3. The Bertz CT molecular complexity index is 333. The molecule has 1 atom stereocenters. The third kappa shape index (κ3) is 7.92. The first-order valence-electron chi connectivity index (χ1n) is 9.32. The van der Waals surface area contributed by atoms with Gasteiger partial charge in [0.05, 0.1) is 5.54 Å². The first-order valence-corrected chi connectivity index (χ1v) is 11.1. The molecule has 0 fully saturated rings. The number of rotatable bonds is 16. The zero-order valence-corrected chi connectivity index (χ0v) is 16.9. The molecule has 6 heteroatoms. The van der Waals surface area contributed by atoms with Gasteiger partial charge in [0.25, 0.3) is 0 Å². The van der Waals surface area contributed by atoms with E-state index in [4.69, 9.17) is 13.3 Å². The van der Waals surface area contributed by atoms with Crippen molar-refractivity contribution in [2.75, 3.05) is 19.8 Å². The van der Waals surface area contributed by atoms with Gasteiger partial charge in [-0.15, -0.1) is 0 Å². The van der Waals surface area contributed by atoms with Gasteiger partial charge in [0.1, 0.15) is 0 Å². The molecule has 0 saturated heterocycles. The molecule has 1 unspecified atom stereocenters. The van der Waals surface area contributed by atoms with Crippen molar-refractivity contribution in [1.82, 2.24) is 0 Å². The lowest BCUT2D eigenvalue weighted by molar-refractivity contribution is -0.133. The monoisotopic (exact) mass is 360 g/mol. The largest absolute Gasteiger partial charge is 0.509 e. The molecule has 0 rings (SSSR count). The molecule has 0 radical (unpaired) electrons. The van der Waals surface area contributed by atoms with Crippen LogP contribution in [-0.4, -0.2) is 39.7 Å². The van der Waals surface area contributed by atoms with Gasteiger partial charge >= 0.3 is 14.8 Å². The Labute approximate surface area is 148 Å². The second-order valence-electron chi connectivity index (χ2n) is 6.00. The topological polar surface area (TPSA) is 65.0 Å². The van der Waals surface area contributed by atoms with Crippen LogP contribution in [0, 0.1) is 0 Å². The van der Waals surface area contributed by atoms with Crippen molar-refractivity contribution in [3.63, 3.8) is 0 Å². The van der Waals surface area contributed by atoms with Gasteiger partial charge in [0.2, 0.25) is 0 Å². The number of hydrogen-bond acceptors (Lipinski definition) is 4. The molecule has 1 N–H and O–H groups in total. The van der Waals surface area contributed by atoms with E-state index in [-0.39, 0.29) is 5.57 Å². The van der Waals surface area contributed by atoms with E-state index in [2.05, 4.69) is 27.4 Å². The molecule has 142 valence electrons. The van der Waals surface area contributed by atoms with Crippen LogP contribution in [0.2, 0.25) is 5.54 Å². The summed E-state index contributed by atoms with van der Waals surface area (Å²) < 4.78 is 18.5. The highest BCUT2D eigenvalue weighted by Gasteiger charge is 2.51. The van der Waals surface area contributed by atoms with Crippen molar-refractivity contribution in [2.24, 2.45) is 0 Å². The van der Waals surface area contributed by atoms with Gasteiger partial charge in [-0.2, -0.15) is 0 Å². The molecular formula is C18H36O5Si. The second-order valence-corrected chi connectivity index (χ2v) is 8.77. The molecule has 0 saturated carbocycles. The van der Waals surface area contributed by atoms with Crippen LogP contribution in [0.15, 0.2) is 12.2 Å². The van der Waals surface area contributed by atoms with E-state index in [1.807, 2.05) is 6.92 Å². The van der Waals surface area contributed by atoms with Gasteiger partial charge in [-0.25, -0.2) is 4.79 Å². The van der Waals surface area contributed by atoms with Crippen LogP contribution >= 0.6 is 0 Å². The lowest BCUT2D eigenvalue weighted by Crippen LogP contribution is -2.52. The van der Waals surface area contributed by atoms with E-state index >= 15 is 0 Å². The molecule has 0 aliphatic rings. The molecule has 0 aliphatic heterocycles. The maximum atomic E-state index is 11.5. The summed E-state index contributed by atoms with van der Waals surface area (Å²) in [6.45, 7) is 13.6. The number of carboxylic acid groups (broad SMARTS) is 1. The van der Waals surface area contributed by atoms with Crippen molar-refractivity contribution in [1.29, 1.82) is 0 Å². The Kier molecular flexibility index (Phi) is 13.2.